The van der Waals surface area contributed by atoms with Crippen LogP contribution in [0, 0.1) is 12.7 Å². The quantitative estimate of drug-likeness (QED) is 0.881. The molecule has 1 aromatic rings. The van der Waals surface area contributed by atoms with Crippen LogP contribution in [0.2, 0.25) is 0 Å². The molecule has 0 bridgehead atoms. The Bertz CT molecular complexity index is 516. The van der Waals surface area contributed by atoms with Crippen LogP contribution in [-0.4, -0.2) is 27.5 Å². The first-order valence-electron chi connectivity index (χ1n) is 5.48. The Labute approximate surface area is 112 Å². The van der Waals surface area contributed by atoms with Crippen LogP contribution in [0.5, 0.6) is 0 Å². The van der Waals surface area contributed by atoms with Crippen molar-refractivity contribution in [3.05, 3.63) is 29.6 Å². The van der Waals surface area contributed by atoms with Gasteiger partial charge in [0.2, 0.25) is 10.0 Å². The van der Waals surface area contributed by atoms with Gasteiger partial charge in [0.25, 0.3) is 0 Å². The van der Waals surface area contributed by atoms with Crippen LogP contribution in [0.25, 0.3) is 0 Å². The van der Waals surface area contributed by atoms with E-state index in [1.165, 1.54) is 12.1 Å². The molecular weight excluding hydrogens is 279 g/mol. The standard InChI is InChI=1S/C11H15FN2O2S.ClH/c1-8-2-3-10(6-11(8)12)17(15,16)14-9-4-5-13-7-9;/h2-3,6,9,13-14H,4-5,7H2,1H3;1H. The van der Waals surface area contributed by atoms with Crippen LogP contribution >= 0.6 is 12.4 Å². The van der Waals surface area contributed by atoms with E-state index in [4.69, 9.17) is 0 Å². The van der Waals surface area contributed by atoms with Crippen molar-refractivity contribution >= 4 is 22.4 Å². The largest absolute Gasteiger partial charge is 0.315 e. The van der Waals surface area contributed by atoms with Gasteiger partial charge in [0.1, 0.15) is 5.82 Å². The van der Waals surface area contributed by atoms with Gasteiger partial charge < -0.3 is 5.32 Å². The van der Waals surface area contributed by atoms with Gasteiger partial charge in [0, 0.05) is 12.6 Å². The average Bonchev–Trinajstić information content (AvgIpc) is 2.73. The summed E-state index contributed by atoms with van der Waals surface area (Å²) in [5, 5.41) is 3.07. The summed E-state index contributed by atoms with van der Waals surface area (Å²) in [6.07, 6.45) is 0.758. The molecule has 1 fully saturated rings. The second-order valence-electron chi connectivity index (χ2n) is 4.22. The molecule has 0 spiro atoms. The minimum absolute atomic E-state index is 0. The lowest BCUT2D eigenvalue weighted by Gasteiger charge is -2.12. The Morgan fingerprint density at radius 1 is 1.44 bits per heavy atom. The molecule has 0 saturated carbocycles. The molecule has 0 radical (unpaired) electrons. The molecular formula is C11H16ClFN2O2S. The molecule has 18 heavy (non-hydrogen) atoms. The monoisotopic (exact) mass is 294 g/mol. The molecule has 2 rings (SSSR count). The number of hydrogen-bond acceptors (Lipinski definition) is 3. The minimum Gasteiger partial charge on any atom is -0.315 e. The first-order valence-corrected chi connectivity index (χ1v) is 6.96. The molecule has 7 heteroatoms. The van der Waals surface area contributed by atoms with Crippen molar-refractivity contribution in [2.24, 2.45) is 0 Å². The number of halogens is 2. The zero-order valence-corrected chi connectivity index (χ0v) is 11.6. The smallest absolute Gasteiger partial charge is 0.240 e. The van der Waals surface area contributed by atoms with Gasteiger partial charge in [-0.2, -0.15) is 0 Å². The van der Waals surface area contributed by atoms with E-state index in [0.29, 0.717) is 12.1 Å². The van der Waals surface area contributed by atoms with Crippen molar-refractivity contribution in [1.29, 1.82) is 0 Å². The van der Waals surface area contributed by atoms with Crippen molar-refractivity contribution in [2.45, 2.75) is 24.3 Å². The topological polar surface area (TPSA) is 58.2 Å². The van der Waals surface area contributed by atoms with Crippen molar-refractivity contribution in [1.82, 2.24) is 10.0 Å². The van der Waals surface area contributed by atoms with Crippen LogP contribution in [0.3, 0.4) is 0 Å². The van der Waals surface area contributed by atoms with Crippen LogP contribution < -0.4 is 10.0 Å². The Balaban J connectivity index is 0.00000162. The fraction of sp³-hybridized carbons (Fsp3) is 0.455. The number of nitrogens with one attached hydrogen (secondary N) is 2. The highest BCUT2D eigenvalue weighted by Gasteiger charge is 2.23. The van der Waals surface area contributed by atoms with Gasteiger partial charge >= 0.3 is 0 Å². The summed E-state index contributed by atoms with van der Waals surface area (Å²) in [5.74, 6) is -0.502. The lowest BCUT2D eigenvalue weighted by molar-refractivity contribution is 0.557. The number of rotatable bonds is 3. The summed E-state index contributed by atoms with van der Waals surface area (Å²) in [5.41, 5.74) is 0.437. The Kier molecular flexibility index (Phi) is 5.10. The SMILES string of the molecule is Cc1ccc(S(=O)(=O)NC2CCNC2)cc1F.Cl. The van der Waals surface area contributed by atoms with Gasteiger partial charge in [-0.1, -0.05) is 6.07 Å². The number of aryl methyl sites for hydroxylation is 1. The highest BCUT2D eigenvalue weighted by molar-refractivity contribution is 7.89. The maximum absolute atomic E-state index is 13.3. The lowest BCUT2D eigenvalue weighted by Crippen LogP contribution is -2.36. The van der Waals surface area contributed by atoms with E-state index in [2.05, 4.69) is 10.0 Å². The first-order chi connectivity index (χ1) is 7.99. The molecule has 1 aliphatic heterocycles. The minimum atomic E-state index is -3.61. The Morgan fingerprint density at radius 3 is 2.72 bits per heavy atom. The van der Waals surface area contributed by atoms with Crippen molar-refractivity contribution < 1.29 is 12.8 Å². The molecule has 0 aliphatic carbocycles. The maximum Gasteiger partial charge on any atom is 0.240 e. The summed E-state index contributed by atoms with van der Waals surface area (Å²) >= 11 is 0. The molecule has 1 aromatic carbocycles. The molecule has 1 atom stereocenters. The summed E-state index contributed by atoms with van der Waals surface area (Å²) in [4.78, 5) is -0.0208. The molecule has 1 aliphatic rings. The highest BCUT2D eigenvalue weighted by Crippen LogP contribution is 2.15. The van der Waals surface area contributed by atoms with E-state index in [-0.39, 0.29) is 23.3 Å². The lowest BCUT2D eigenvalue weighted by atomic mass is 10.2. The van der Waals surface area contributed by atoms with Crippen LogP contribution in [0.1, 0.15) is 12.0 Å². The number of benzene rings is 1. The molecule has 0 amide bonds. The van der Waals surface area contributed by atoms with Crippen LogP contribution in [-0.2, 0) is 10.0 Å². The average molecular weight is 295 g/mol. The summed E-state index contributed by atoms with van der Waals surface area (Å²) in [6, 6.07) is 3.84. The van der Waals surface area contributed by atoms with E-state index >= 15 is 0 Å². The van der Waals surface area contributed by atoms with Gasteiger partial charge in [-0.3, -0.25) is 0 Å². The second kappa shape index (κ2) is 5.97. The molecule has 1 unspecified atom stereocenters. The maximum atomic E-state index is 13.3. The number of hydrogen-bond donors (Lipinski definition) is 2. The van der Waals surface area contributed by atoms with Gasteiger partial charge in [-0.15, -0.1) is 12.4 Å². The summed E-state index contributed by atoms with van der Waals surface area (Å²) in [6.45, 7) is 3.02. The van der Waals surface area contributed by atoms with E-state index in [0.717, 1.165) is 19.0 Å². The Hall–Kier alpha value is -0.690. The van der Waals surface area contributed by atoms with E-state index in [9.17, 15) is 12.8 Å². The van der Waals surface area contributed by atoms with Crippen molar-refractivity contribution in [2.75, 3.05) is 13.1 Å². The van der Waals surface area contributed by atoms with Crippen LogP contribution in [0.15, 0.2) is 23.1 Å². The van der Waals surface area contributed by atoms with E-state index in [1.54, 1.807) is 6.92 Å². The summed E-state index contributed by atoms with van der Waals surface area (Å²) < 4.78 is 39.8. The normalized spacial score (nSPS) is 19.6. The Morgan fingerprint density at radius 2 is 2.17 bits per heavy atom. The van der Waals surface area contributed by atoms with E-state index < -0.39 is 15.8 Å². The first kappa shape index (κ1) is 15.4. The third-order valence-corrected chi connectivity index (χ3v) is 4.35. The van der Waals surface area contributed by atoms with Gasteiger partial charge in [-0.25, -0.2) is 17.5 Å². The highest BCUT2D eigenvalue weighted by atomic mass is 35.5. The molecule has 1 heterocycles. The molecule has 1 saturated heterocycles. The summed E-state index contributed by atoms with van der Waals surface area (Å²) in [7, 11) is -3.61. The fourth-order valence-electron chi connectivity index (χ4n) is 1.78. The van der Waals surface area contributed by atoms with Crippen LogP contribution in [0.4, 0.5) is 4.39 Å². The zero-order chi connectivity index (χ0) is 12.5. The van der Waals surface area contributed by atoms with Gasteiger partial charge in [-0.05, 0) is 37.6 Å². The third-order valence-electron chi connectivity index (χ3n) is 2.84. The molecule has 0 aromatic heterocycles. The van der Waals surface area contributed by atoms with Crippen molar-refractivity contribution in [3.63, 3.8) is 0 Å². The predicted octanol–water partition coefficient (Wildman–Crippen LogP) is 1.20. The fourth-order valence-corrected chi connectivity index (χ4v) is 3.07. The predicted molar refractivity (Wildman–Crippen MR) is 70.0 cm³/mol. The van der Waals surface area contributed by atoms with E-state index in [1.807, 2.05) is 0 Å². The number of sulfonamides is 1. The second-order valence-corrected chi connectivity index (χ2v) is 5.94. The van der Waals surface area contributed by atoms with Crippen molar-refractivity contribution in [3.8, 4) is 0 Å². The molecule has 4 nitrogen and oxygen atoms in total. The molecule has 102 valence electrons. The zero-order valence-electron chi connectivity index (χ0n) is 9.94. The van der Waals surface area contributed by atoms with Gasteiger partial charge in [0.15, 0.2) is 0 Å². The van der Waals surface area contributed by atoms with Gasteiger partial charge in [0.05, 0.1) is 4.90 Å². The molecule has 2 N–H and O–H groups in total. The third kappa shape index (κ3) is 3.41.